The summed E-state index contributed by atoms with van der Waals surface area (Å²) in [5.74, 6) is -2.68. The normalized spacial score (nSPS) is 13.5. The minimum atomic E-state index is -3.89. The highest BCUT2D eigenvalue weighted by Gasteiger charge is 2.34. The Morgan fingerprint density at radius 2 is 1.97 bits per heavy atom. The van der Waals surface area contributed by atoms with E-state index in [1.165, 1.54) is 22.9 Å². The summed E-state index contributed by atoms with van der Waals surface area (Å²) in [6, 6.07) is 2.29. The zero-order chi connectivity index (χ0) is 23.1. The van der Waals surface area contributed by atoms with Crippen LogP contribution in [0.25, 0.3) is 16.9 Å². The number of halogens is 2. The van der Waals surface area contributed by atoms with Crippen LogP contribution in [0.5, 0.6) is 5.75 Å². The lowest BCUT2D eigenvalue weighted by Crippen LogP contribution is -2.29. The van der Waals surface area contributed by atoms with Crippen LogP contribution in [-0.4, -0.2) is 45.9 Å². The quantitative estimate of drug-likeness (QED) is 0.550. The summed E-state index contributed by atoms with van der Waals surface area (Å²) in [6.07, 6.45) is 2.55. The van der Waals surface area contributed by atoms with Gasteiger partial charge < -0.3 is 15.6 Å². The number of aliphatic hydroxyl groups is 1. The molecule has 3 rings (SSSR count). The summed E-state index contributed by atoms with van der Waals surface area (Å²) in [5, 5.41) is 9.24. The second kappa shape index (κ2) is 8.04. The molecule has 8 nitrogen and oxygen atoms in total. The van der Waals surface area contributed by atoms with Gasteiger partial charge in [-0.3, -0.25) is 4.40 Å². The van der Waals surface area contributed by atoms with Crippen LogP contribution in [0, 0.1) is 17.7 Å². The van der Waals surface area contributed by atoms with Crippen LogP contribution < -0.4 is 10.5 Å². The number of anilines is 1. The first-order valence-corrected chi connectivity index (χ1v) is 11.0. The number of hydrogen-bond acceptors (Lipinski definition) is 7. The number of rotatable bonds is 6. The highest BCUT2D eigenvalue weighted by Crippen LogP contribution is 2.35. The number of hydrogen-bond donors (Lipinski definition) is 2. The van der Waals surface area contributed by atoms with Crippen LogP contribution >= 0.6 is 0 Å². The molecular formula is C20H24F2N4O4S. The average molecular weight is 454 g/mol. The third-order valence-corrected chi connectivity index (χ3v) is 7.24. The molecule has 0 unspecified atom stereocenters. The van der Waals surface area contributed by atoms with Crippen molar-refractivity contribution in [3.05, 3.63) is 36.3 Å². The average Bonchev–Trinajstić information content (AvgIpc) is 3.09. The van der Waals surface area contributed by atoms with E-state index in [9.17, 15) is 22.3 Å². The maximum absolute atomic E-state index is 14.4. The second-order valence-corrected chi connectivity index (χ2v) is 11.0. The maximum atomic E-state index is 14.4. The molecule has 3 aromatic heterocycles. The number of nitrogen functional groups attached to an aromatic ring is 1. The summed E-state index contributed by atoms with van der Waals surface area (Å²) >= 11 is 0. The smallest absolute Gasteiger partial charge is 0.224 e. The third-order valence-electron chi connectivity index (χ3n) is 4.74. The van der Waals surface area contributed by atoms with E-state index < -0.39 is 32.2 Å². The van der Waals surface area contributed by atoms with Crippen LogP contribution in [0.2, 0.25) is 0 Å². The van der Waals surface area contributed by atoms with E-state index in [1.54, 1.807) is 27.7 Å². The predicted octanol–water partition coefficient (Wildman–Crippen LogP) is 2.84. The molecule has 0 fully saturated rings. The van der Waals surface area contributed by atoms with E-state index in [0.29, 0.717) is 0 Å². The Morgan fingerprint density at radius 1 is 1.29 bits per heavy atom. The van der Waals surface area contributed by atoms with Crippen molar-refractivity contribution >= 4 is 21.3 Å². The van der Waals surface area contributed by atoms with Crippen molar-refractivity contribution in [2.75, 3.05) is 18.9 Å². The molecule has 31 heavy (non-hydrogen) atoms. The van der Waals surface area contributed by atoms with E-state index in [1.807, 2.05) is 0 Å². The van der Waals surface area contributed by atoms with Crippen molar-refractivity contribution in [1.29, 1.82) is 0 Å². The number of nitrogens with zero attached hydrogens (tertiary/aromatic N) is 3. The molecule has 3 N–H and O–H groups in total. The number of fused-ring (bicyclic) bond motifs is 1. The Bertz CT molecular complexity index is 1240. The molecule has 3 heterocycles. The van der Waals surface area contributed by atoms with Crippen molar-refractivity contribution in [1.82, 2.24) is 14.4 Å². The fourth-order valence-electron chi connectivity index (χ4n) is 2.77. The summed E-state index contributed by atoms with van der Waals surface area (Å²) in [7, 11) is -3.89. The second-order valence-electron chi connectivity index (χ2n) is 8.28. The first-order valence-electron chi connectivity index (χ1n) is 9.48. The standard InChI is InChI=1S/C20H24F2N4O4S/c1-11(9-27)10-30-15-6-17-24-7-14(12-5-13(21)19(23)25-18(12)22)26(17)8-16(15)31(28,29)20(2,3)4/h5-8,11,27H,9-10H2,1-4H3,(H2,23,25)/t11-/m0/s1. The van der Waals surface area contributed by atoms with Crippen LogP contribution in [0.15, 0.2) is 29.4 Å². The van der Waals surface area contributed by atoms with Gasteiger partial charge in [-0.05, 0) is 26.8 Å². The first-order chi connectivity index (χ1) is 14.4. The van der Waals surface area contributed by atoms with Crippen LogP contribution in [0.3, 0.4) is 0 Å². The zero-order valence-electron chi connectivity index (χ0n) is 17.6. The van der Waals surface area contributed by atoms with Gasteiger partial charge in [0.15, 0.2) is 21.5 Å². The van der Waals surface area contributed by atoms with Gasteiger partial charge in [-0.1, -0.05) is 6.92 Å². The molecule has 0 bridgehead atoms. The molecule has 3 aromatic rings. The summed E-state index contributed by atoms with van der Waals surface area (Å²) in [5.41, 5.74) is 5.44. The molecule has 0 aliphatic rings. The molecule has 0 saturated heterocycles. The van der Waals surface area contributed by atoms with E-state index >= 15 is 0 Å². The van der Waals surface area contributed by atoms with Gasteiger partial charge in [0, 0.05) is 24.8 Å². The van der Waals surface area contributed by atoms with E-state index in [-0.39, 0.29) is 46.7 Å². The maximum Gasteiger partial charge on any atom is 0.224 e. The Labute approximate surface area is 178 Å². The first kappa shape index (κ1) is 22.9. The number of nitrogens with two attached hydrogens (primary N) is 1. The molecule has 11 heteroatoms. The minimum absolute atomic E-state index is 0.0574. The van der Waals surface area contributed by atoms with E-state index in [4.69, 9.17) is 10.5 Å². The molecular weight excluding hydrogens is 430 g/mol. The van der Waals surface area contributed by atoms with Crippen LogP contribution in [0.1, 0.15) is 27.7 Å². The molecule has 0 aliphatic heterocycles. The molecule has 0 aromatic carbocycles. The Hall–Kier alpha value is -2.79. The fraction of sp³-hybridized carbons (Fsp3) is 0.400. The highest BCUT2D eigenvalue weighted by atomic mass is 32.2. The monoisotopic (exact) mass is 454 g/mol. The predicted molar refractivity (Wildman–Crippen MR) is 111 cm³/mol. The largest absolute Gasteiger partial charge is 0.492 e. The van der Waals surface area contributed by atoms with Crippen molar-refractivity contribution in [2.24, 2.45) is 5.92 Å². The molecule has 0 aliphatic carbocycles. The van der Waals surface area contributed by atoms with Gasteiger partial charge in [-0.25, -0.2) is 17.8 Å². The van der Waals surface area contributed by atoms with Gasteiger partial charge in [0.2, 0.25) is 5.95 Å². The number of pyridine rings is 2. The summed E-state index contributed by atoms with van der Waals surface area (Å²) in [4.78, 5) is 7.38. The molecule has 1 atom stereocenters. The lowest BCUT2D eigenvalue weighted by Gasteiger charge is -2.22. The molecule has 0 spiro atoms. The molecule has 0 radical (unpaired) electrons. The fourth-order valence-corrected chi connectivity index (χ4v) is 4.06. The van der Waals surface area contributed by atoms with Gasteiger partial charge in [-0.15, -0.1) is 0 Å². The number of ether oxygens (including phenoxy) is 1. The van der Waals surface area contributed by atoms with Crippen molar-refractivity contribution in [3.63, 3.8) is 0 Å². The van der Waals surface area contributed by atoms with Gasteiger partial charge in [0.1, 0.15) is 16.3 Å². The van der Waals surface area contributed by atoms with Crippen LogP contribution in [0.4, 0.5) is 14.6 Å². The van der Waals surface area contributed by atoms with Gasteiger partial charge in [0.05, 0.1) is 28.8 Å². The Balaban J connectivity index is 2.26. The lowest BCUT2D eigenvalue weighted by atomic mass is 10.2. The van der Waals surface area contributed by atoms with E-state index in [0.717, 1.165) is 6.07 Å². The van der Waals surface area contributed by atoms with E-state index in [2.05, 4.69) is 9.97 Å². The molecule has 0 amide bonds. The van der Waals surface area contributed by atoms with Crippen molar-refractivity contribution in [2.45, 2.75) is 37.3 Å². The number of imidazole rings is 1. The highest BCUT2D eigenvalue weighted by molar-refractivity contribution is 7.92. The topological polar surface area (TPSA) is 120 Å². The third kappa shape index (κ3) is 4.19. The Morgan fingerprint density at radius 3 is 2.58 bits per heavy atom. The van der Waals surface area contributed by atoms with Gasteiger partial charge >= 0.3 is 0 Å². The van der Waals surface area contributed by atoms with Crippen LogP contribution in [-0.2, 0) is 9.84 Å². The number of sulfone groups is 1. The minimum Gasteiger partial charge on any atom is -0.492 e. The SMILES string of the molecule is C[C@@H](CO)COc1cc2ncc(-c3cc(F)c(N)nc3F)n2cc1S(=O)(=O)C(C)(C)C. The summed E-state index contributed by atoms with van der Waals surface area (Å²) < 4.78 is 60.7. The Kier molecular flexibility index (Phi) is 5.94. The number of aromatic nitrogens is 3. The van der Waals surface area contributed by atoms with Crippen molar-refractivity contribution in [3.8, 4) is 17.0 Å². The van der Waals surface area contributed by atoms with Gasteiger partial charge in [0.25, 0.3) is 0 Å². The molecule has 168 valence electrons. The zero-order valence-corrected chi connectivity index (χ0v) is 18.4. The molecule has 0 saturated carbocycles. The lowest BCUT2D eigenvalue weighted by molar-refractivity contribution is 0.172. The van der Waals surface area contributed by atoms with Gasteiger partial charge in [-0.2, -0.15) is 9.37 Å². The van der Waals surface area contributed by atoms with Crippen molar-refractivity contribution < 1.29 is 27.0 Å². The summed E-state index contributed by atoms with van der Waals surface area (Å²) in [6.45, 7) is 6.32. The number of aliphatic hydroxyl groups excluding tert-OH is 1.